The van der Waals surface area contributed by atoms with Gasteiger partial charge in [0.1, 0.15) is 11.5 Å². The topological polar surface area (TPSA) is 38.3 Å². The van der Waals surface area contributed by atoms with Gasteiger partial charge in [0.2, 0.25) is 0 Å². The van der Waals surface area contributed by atoms with E-state index in [0.717, 1.165) is 0 Å². The fraction of sp³-hybridized carbons (Fsp3) is 0.105. The van der Waals surface area contributed by atoms with Gasteiger partial charge < -0.3 is 10.1 Å². The van der Waals surface area contributed by atoms with Crippen LogP contribution in [0.5, 0.6) is 11.5 Å². The molecule has 1 N–H and O–H groups in total. The molecule has 152 valence electrons. The Kier molecular flexibility index (Phi) is 5.56. The van der Waals surface area contributed by atoms with Gasteiger partial charge in [0, 0.05) is 5.69 Å². The average Bonchev–Trinajstić information content (AvgIpc) is 3.16. The Labute approximate surface area is 164 Å². The second-order valence-corrected chi connectivity index (χ2v) is 6.75. The lowest BCUT2D eigenvalue weighted by molar-refractivity contribution is -0.143. The van der Waals surface area contributed by atoms with Crippen LogP contribution in [0.3, 0.4) is 0 Å². The number of carbonyl (C=O) groups excluding carboxylic acids is 1. The molecular formula is C19H11F6NO2S. The van der Waals surface area contributed by atoms with E-state index in [0.29, 0.717) is 22.7 Å². The maximum atomic E-state index is 12.9. The van der Waals surface area contributed by atoms with Crippen LogP contribution < -0.4 is 10.1 Å². The van der Waals surface area contributed by atoms with Crippen molar-refractivity contribution in [2.24, 2.45) is 0 Å². The van der Waals surface area contributed by atoms with Crippen LogP contribution in [-0.2, 0) is 12.4 Å². The summed E-state index contributed by atoms with van der Waals surface area (Å²) in [5.74, 6) is -0.949. The molecule has 2 aromatic carbocycles. The van der Waals surface area contributed by atoms with Crippen LogP contribution in [0, 0.1) is 0 Å². The Morgan fingerprint density at radius 1 is 0.828 bits per heavy atom. The van der Waals surface area contributed by atoms with Crippen molar-refractivity contribution in [3.8, 4) is 11.5 Å². The van der Waals surface area contributed by atoms with Crippen molar-refractivity contribution in [1.29, 1.82) is 0 Å². The lowest BCUT2D eigenvalue weighted by Gasteiger charge is -2.15. The van der Waals surface area contributed by atoms with Gasteiger partial charge in [0.15, 0.2) is 0 Å². The fourth-order valence-corrected chi connectivity index (χ4v) is 2.95. The summed E-state index contributed by atoms with van der Waals surface area (Å²) in [6, 6.07) is 9.80. The van der Waals surface area contributed by atoms with Crippen molar-refractivity contribution >= 4 is 22.9 Å². The first-order valence-corrected chi connectivity index (χ1v) is 8.82. The van der Waals surface area contributed by atoms with Gasteiger partial charge in [-0.15, -0.1) is 11.3 Å². The standard InChI is InChI=1S/C19H11F6NO2S/c20-18(21,22)11-8-12(19(23,24)25)10-15(9-11)28-14-5-3-13(4-6-14)26-17(27)16-2-1-7-29-16/h1-10H,(H,26,27). The molecular weight excluding hydrogens is 420 g/mol. The molecule has 0 spiro atoms. The van der Waals surface area contributed by atoms with Gasteiger partial charge in [-0.05, 0) is 53.9 Å². The van der Waals surface area contributed by atoms with Crippen LogP contribution in [0.15, 0.2) is 60.0 Å². The van der Waals surface area contributed by atoms with Crippen molar-refractivity contribution in [3.05, 3.63) is 76.0 Å². The van der Waals surface area contributed by atoms with E-state index in [-0.39, 0.29) is 17.7 Å². The molecule has 3 nitrogen and oxygen atoms in total. The summed E-state index contributed by atoms with van der Waals surface area (Å²) in [5, 5.41) is 4.34. The third-order valence-electron chi connectivity index (χ3n) is 3.65. The number of thiophene rings is 1. The van der Waals surface area contributed by atoms with Crippen LogP contribution in [0.2, 0.25) is 0 Å². The number of anilines is 1. The first kappa shape index (κ1) is 20.7. The molecule has 0 bridgehead atoms. The van der Waals surface area contributed by atoms with Crippen LogP contribution in [-0.4, -0.2) is 5.91 Å². The van der Waals surface area contributed by atoms with Gasteiger partial charge in [0.25, 0.3) is 5.91 Å². The monoisotopic (exact) mass is 431 g/mol. The molecule has 0 fully saturated rings. The second kappa shape index (κ2) is 7.78. The summed E-state index contributed by atoms with van der Waals surface area (Å²) in [4.78, 5) is 12.4. The van der Waals surface area contributed by atoms with Gasteiger partial charge in [0.05, 0.1) is 16.0 Å². The van der Waals surface area contributed by atoms with Gasteiger partial charge in [-0.25, -0.2) is 0 Å². The molecule has 1 heterocycles. The van der Waals surface area contributed by atoms with Crippen molar-refractivity contribution in [3.63, 3.8) is 0 Å². The van der Waals surface area contributed by atoms with E-state index < -0.39 is 29.2 Å². The predicted octanol–water partition coefficient (Wildman–Crippen LogP) is 6.83. The molecule has 0 atom stereocenters. The van der Waals surface area contributed by atoms with Gasteiger partial charge in [-0.3, -0.25) is 4.79 Å². The molecule has 1 aromatic heterocycles. The molecule has 29 heavy (non-hydrogen) atoms. The Hall–Kier alpha value is -3.01. The molecule has 0 saturated heterocycles. The maximum Gasteiger partial charge on any atom is 0.416 e. The van der Waals surface area contributed by atoms with Gasteiger partial charge in [-0.1, -0.05) is 6.07 Å². The predicted molar refractivity (Wildman–Crippen MR) is 95.2 cm³/mol. The number of halogens is 6. The molecule has 1 amide bonds. The highest BCUT2D eigenvalue weighted by molar-refractivity contribution is 7.12. The summed E-state index contributed by atoms with van der Waals surface area (Å²) in [6.45, 7) is 0. The zero-order valence-electron chi connectivity index (χ0n) is 14.3. The van der Waals surface area contributed by atoms with Crippen molar-refractivity contribution < 1.29 is 35.9 Å². The lowest BCUT2D eigenvalue weighted by atomic mass is 10.1. The SMILES string of the molecule is O=C(Nc1ccc(Oc2cc(C(F)(F)F)cc(C(F)(F)F)c2)cc1)c1cccs1. The lowest BCUT2D eigenvalue weighted by Crippen LogP contribution is -2.11. The van der Waals surface area contributed by atoms with Crippen LogP contribution in [0.1, 0.15) is 20.8 Å². The number of ether oxygens (including phenoxy) is 1. The number of nitrogens with one attached hydrogen (secondary N) is 1. The number of hydrogen-bond acceptors (Lipinski definition) is 3. The Balaban J connectivity index is 1.80. The normalized spacial score (nSPS) is 11.9. The van der Waals surface area contributed by atoms with E-state index in [9.17, 15) is 31.1 Å². The van der Waals surface area contributed by atoms with Crippen LogP contribution in [0.4, 0.5) is 32.0 Å². The summed E-state index contributed by atoms with van der Waals surface area (Å²) >= 11 is 1.24. The molecule has 0 aliphatic heterocycles. The van der Waals surface area contributed by atoms with Crippen molar-refractivity contribution in [2.75, 3.05) is 5.32 Å². The highest BCUT2D eigenvalue weighted by Gasteiger charge is 2.37. The quantitative estimate of drug-likeness (QED) is 0.460. The molecule has 0 aliphatic rings. The van der Waals surface area contributed by atoms with E-state index in [4.69, 9.17) is 4.74 Å². The zero-order valence-corrected chi connectivity index (χ0v) is 15.1. The highest BCUT2D eigenvalue weighted by Crippen LogP contribution is 2.39. The fourth-order valence-electron chi connectivity index (χ4n) is 2.33. The van der Waals surface area contributed by atoms with Crippen molar-refractivity contribution in [2.45, 2.75) is 12.4 Å². The van der Waals surface area contributed by atoms with Gasteiger partial charge >= 0.3 is 12.4 Å². The highest BCUT2D eigenvalue weighted by atomic mass is 32.1. The molecule has 0 aliphatic carbocycles. The van der Waals surface area contributed by atoms with E-state index in [1.807, 2.05) is 0 Å². The zero-order chi connectivity index (χ0) is 21.2. The molecule has 0 saturated carbocycles. The number of benzene rings is 2. The Morgan fingerprint density at radius 3 is 1.90 bits per heavy atom. The Bertz CT molecular complexity index is 963. The number of alkyl halides is 6. The van der Waals surface area contributed by atoms with Crippen LogP contribution >= 0.6 is 11.3 Å². The molecule has 10 heteroatoms. The third kappa shape index (κ3) is 5.29. The smallest absolute Gasteiger partial charge is 0.416 e. The minimum absolute atomic E-state index is 0.00608. The average molecular weight is 431 g/mol. The van der Waals surface area contributed by atoms with E-state index >= 15 is 0 Å². The minimum Gasteiger partial charge on any atom is -0.457 e. The summed E-state index contributed by atoms with van der Waals surface area (Å²) in [6.07, 6.45) is -9.93. The number of carbonyl (C=O) groups is 1. The molecule has 0 radical (unpaired) electrons. The number of rotatable bonds is 4. The number of amides is 1. The van der Waals surface area contributed by atoms with Crippen molar-refractivity contribution in [1.82, 2.24) is 0 Å². The largest absolute Gasteiger partial charge is 0.457 e. The third-order valence-corrected chi connectivity index (χ3v) is 4.52. The van der Waals surface area contributed by atoms with E-state index in [1.54, 1.807) is 17.5 Å². The van der Waals surface area contributed by atoms with E-state index in [2.05, 4.69) is 5.32 Å². The number of hydrogen-bond donors (Lipinski definition) is 1. The summed E-state index contributed by atoms with van der Waals surface area (Å²) in [5.41, 5.74) is -2.56. The second-order valence-electron chi connectivity index (χ2n) is 5.80. The summed E-state index contributed by atoms with van der Waals surface area (Å²) in [7, 11) is 0. The molecule has 3 rings (SSSR count). The Morgan fingerprint density at radius 2 is 1.41 bits per heavy atom. The molecule has 0 unspecified atom stereocenters. The van der Waals surface area contributed by atoms with E-state index in [1.165, 1.54) is 35.6 Å². The minimum atomic E-state index is -4.96. The first-order valence-electron chi connectivity index (χ1n) is 7.94. The van der Waals surface area contributed by atoms with Gasteiger partial charge in [-0.2, -0.15) is 26.3 Å². The van der Waals surface area contributed by atoms with Crippen LogP contribution in [0.25, 0.3) is 0 Å². The maximum absolute atomic E-state index is 12.9. The summed E-state index contributed by atoms with van der Waals surface area (Å²) < 4.78 is 82.6. The first-order chi connectivity index (χ1) is 13.5. The molecule has 3 aromatic rings.